The Bertz CT molecular complexity index is 436. The quantitative estimate of drug-likeness (QED) is 0.876. The third kappa shape index (κ3) is 2.67. The molecule has 3 unspecified atom stereocenters. The van der Waals surface area contributed by atoms with E-state index in [1.54, 1.807) is 6.07 Å². The first-order valence-corrected chi connectivity index (χ1v) is 7.16. The van der Waals surface area contributed by atoms with Gasteiger partial charge < -0.3 is 11.1 Å². The van der Waals surface area contributed by atoms with Crippen LogP contribution < -0.4 is 11.1 Å². The number of nitrogens with two attached hydrogens (primary N) is 1. The maximum atomic E-state index is 6.13. The highest BCUT2D eigenvalue weighted by molar-refractivity contribution is 6.37. The van der Waals surface area contributed by atoms with Crippen LogP contribution in [-0.4, -0.2) is 11.0 Å². The number of halogens is 2. The second kappa shape index (κ2) is 5.54. The highest BCUT2D eigenvalue weighted by Crippen LogP contribution is 2.37. The van der Waals surface area contributed by atoms with Crippen LogP contribution in [0.3, 0.4) is 0 Å². The normalized spacial score (nSPS) is 27.4. The number of rotatable bonds is 3. The Hall–Kier alpha value is -0.670. The van der Waals surface area contributed by atoms with Gasteiger partial charge in [0.1, 0.15) is 11.6 Å². The van der Waals surface area contributed by atoms with Crippen LogP contribution in [-0.2, 0) is 0 Å². The third-order valence-electron chi connectivity index (χ3n) is 4.03. The number of hydrogen-bond acceptors (Lipinski definition) is 3. The fraction of sp³-hybridized carbons (Fsp3) is 0.615. The summed E-state index contributed by atoms with van der Waals surface area (Å²) in [7, 11) is 0. The molecule has 5 heteroatoms. The lowest BCUT2D eigenvalue weighted by Gasteiger charge is -2.22. The summed E-state index contributed by atoms with van der Waals surface area (Å²) < 4.78 is 0. The van der Waals surface area contributed by atoms with Gasteiger partial charge in [-0.05, 0) is 30.7 Å². The molecule has 3 N–H and O–H groups in total. The molecule has 18 heavy (non-hydrogen) atoms. The van der Waals surface area contributed by atoms with Crippen molar-refractivity contribution in [2.24, 2.45) is 11.8 Å². The minimum absolute atomic E-state index is 0.321. The SMILES string of the molecule is CCC1CCC(Nc2nc(N)c(Cl)cc2Cl)C1C. The van der Waals surface area contributed by atoms with Crippen LogP contribution >= 0.6 is 23.2 Å². The van der Waals surface area contributed by atoms with Crippen LogP contribution in [0.4, 0.5) is 11.6 Å². The van der Waals surface area contributed by atoms with Crippen LogP contribution in [0.5, 0.6) is 0 Å². The van der Waals surface area contributed by atoms with Gasteiger partial charge in [0.05, 0.1) is 10.0 Å². The summed E-state index contributed by atoms with van der Waals surface area (Å²) in [5.41, 5.74) is 5.71. The Morgan fingerprint density at radius 2 is 2.11 bits per heavy atom. The molecule has 0 aromatic carbocycles. The van der Waals surface area contributed by atoms with Crippen LogP contribution in [0.15, 0.2) is 6.07 Å². The smallest absolute Gasteiger partial charge is 0.147 e. The largest absolute Gasteiger partial charge is 0.382 e. The van der Waals surface area contributed by atoms with Crippen molar-refractivity contribution in [1.82, 2.24) is 4.98 Å². The number of nitrogens with zero attached hydrogens (tertiary/aromatic N) is 1. The Balaban J connectivity index is 2.13. The minimum atomic E-state index is 0.321. The second-order valence-electron chi connectivity index (χ2n) is 5.04. The zero-order valence-corrected chi connectivity index (χ0v) is 12.2. The van der Waals surface area contributed by atoms with Crippen LogP contribution in [0, 0.1) is 11.8 Å². The molecule has 0 aliphatic heterocycles. The molecular weight excluding hydrogens is 269 g/mol. The number of hydrogen-bond donors (Lipinski definition) is 2. The van der Waals surface area contributed by atoms with Crippen molar-refractivity contribution in [2.75, 3.05) is 11.1 Å². The zero-order chi connectivity index (χ0) is 13.3. The molecule has 1 aromatic heterocycles. The predicted octanol–water partition coefficient (Wildman–Crippen LogP) is 4.21. The Morgan fingerprint density at radius 1 is 1.39 bits per heavy atom. The second-order valence-corrected chi connectivity index (χ2v) is 5.86. The van der Waals surface area contributed by atoms with Crippen LogP contribution in [0.25, 0.3) is 0 Å². The summed E-state index contributed by atoms with van der Waals surface area (Å²) in [5, 5.41) is 4.34. The molecule has 0 spiro atoms. The van der Waals surface area contributed by atoms with Gasteiger partial charge >= 0.3 is 0 Å². The first-order valence-electron chi connectivity index (χ1n) is 6.41. The maximum Gasteiger partial charge on any atom is 0.147 e. The van der Waals surface area contributed by atoms with Crippen molar-refractivity contribution in [1.29, 1.82) is 0 Å². The molecule has 0 bridgehead atoms. The molecule has 1 saturated carbocycles. The number of aromatic nitrogens is 1. The molecule has 3 atom stereocenters. The molecule has 0 amide bonds. The predicted molar refractivity (Wildman–Crippen MR) is 78.3 cm³/mol. The number of nitrogens with one attached hydrogen (secondary N) is 1. The Morgan fingerprint density at radius 3 is 2.72 bits per heavy atom. The zero-order valence-electron chi connectivity index (χ0n) is 10.7. The summed E-state index contributed by atoms with van der Waals surface area (Å²) in [4.78, 5) is 4.22. The van der Waals surface area contributed by atoms with E-state index in [4.69, 9.17) is 28.9 Å². The molecule has 0 radical (unpaired) electrons. The van der Waals surface area contributed by atoms with Gasteiger partial charge in [0.2, 0.25) is 0 Å². The lowest BCUT2D eigenvalue weighted by Crippen LogP contribution is -2.25. The topological polar surface area (TPSA) is 50.9 Å². The summed E-state index contributed by atoms with van der Waals surface area (Å²) in [6, 6.07) is 2.06. The van der Waals surface area contributed by atoms with E-state index in [1.807, 2.05) is 0 Å². The Kier molecular flexibility index (Phi) is 4.23. The van der Waals surface area contributed by atoms with Gasteiger partial charge in [-0.3, -0.25) is 0 Å². The van der Waals surface area contributed by atoms with Gasteiger partial charge in [0.15, 0.2) is 0 Å². The third-order valence-corrected chi connectivity index (χ3v) is 4.62. The monoisotopic (exact) mass is 287 g/mol. The summed E-state index contributed by atoms with van der Waals surface area (Å²) in [6.45, 7) is 4.53. The van der Waals surface area contributed by atoms with Crippen molar-refractivity contribution >= 4 is 34.8 Å². The van der Waals surface area contributed by atoms with Gasteiger partial charge in [-0.25, -0.2) is 4.98 Å². The van der Waals surface area contributed by atoms with Gasteiger partial charge in [-0.1, -0.05) is 43.5 Å². The molecule has 1 heterocycles. The van der Waals surface area contributed by atoms with E-state index in [2.05, 4.69) is 24.1 Å². The number of pyridine rings is 1. The molecule has 1 aromatic rings. The molecule has 1 fully saturated rings. The minimum Gasteiger partial charge on any atom is -0.382 e. The average Bonchev–Trinajstić information content (AvgIpc) is 2.67. The summed E-state index contributed by atoms with van der Waals surface area (Å²) in [6.07, 6.45) is 3.64. The van der Waals surface area contributed by atoms with E-state index in [-0.39, 0.29) is 0 Å². The fourth-order valence-electron chi connectivity index (χ4n) is 2.79. The lowest BCUT2D eigenvalue weighted by atomic mass is 9.93. The first kappa shape index (κ1) is 13.8. The number of nitrogen functional groups attached to an aromatic ring is 1. The van der Waals surface area contributed by atoms with Crippen LogP contribution in [0.1, 0.15) is 33.1 Å². The first-order chi connectivity index (χ1) is 8.52. The highest BCUT2D eigenvalue weighted by atomic mass is 35.5. The maximum absolute atomic E-state index is 6.13. The molecule has 1 aliphatic carbocycles. The molecule has 3 nitrogen and oxygen atoms in total. The summed E-state index contributed by atoms with van der Waals surface area (Å²) >= 11 is 12.0. The number of anilines is 2. The van der Waals surface area contributed by atoms with E-state index < -0.39 is 0 Å². The van der Waals surface area contributed by atoms with E-state index in [1.165, 1.54) is 12.8 Å². The van der Waals surface area contributed by atoms with Crippen LogP contribution in [0.2, 0.25) is 10.0 Å². The van der Waals surface area contributed by atoms with Crippen molar-refractivity contribution in [3.05, 3.63) is 16.1 Å². The van der Waals surface area contributed by atoms with Gasteiger partial charge in [0, 0.05) is 6.04 Å². The van der Waals surface area contributed by atoms with Gasteiger partial charge in [0.25, 0.3) is 0 Å². The molecular formula is C13H19Cl2N3. The summed E-state index contributed by atoms with van der Waals surface area (Å²) in [5.74, 6) is 2.38. The average molecular weight is 288 g/mol. The van der Waals surface area contributed by atoms with Gasteiger partial charge in [-0.15, -0.1) is 0 Å². The van der Waals surface area contributed by atoms with E-state index in [0.29, 0.717) is 33.6 Å². The highest BCUT2D eigenvalue weighted by Gasteiger charge is 2.32. The lowest BCUT2D eigenvalue weighted by molar-refractivity contribution is 0.391. The fourth-order valence-corrected chi connectivity index (χ4v) is 3.20. The molecule has 1 aliphatic rings. The van der Waals surface area contributed by atoms with E-state index >= 15 is 0 Å². The van der Waals surface area contributed by atoms with Gasteiger partial charge in [-0.2, -0.15) is 0 Å². The standard InChI is InChI=1S/C13H19Cl2N3/c1-3-8-4-5-11(7(8)2)17-13-10(15)6-9(14)12(16)18-13/h6-8,11H,3-5H2,1-2H3,(H3,16,17,18). The van der Waals surface area contributed by atoms with Crippen molar-refractivity contribution < 1.29 is 0 Å². The van der Waals surface area contributed by atoms with Crippen molar-refractivity contribution in [3.8, 4) is 0 Å². The van der Waals surface area contributed by atoms with E-state index in [9.17, 15) is 0 Å². The molecule has 0 saturated heterocycles. The molecule has 100 valence electrons. The Labute approximate surface area is 118 Å². The van der Waals surface area contributed by atoms with Crippen molar-refractivity contribution in [3.63, 3.8) is 0 Å². The van der Waals surface area contributed by atoms with Crippen molar-refractivity contribution in [2.45, 2.75) is 39.2 Å². The van der Waals surface area contributed by atoms with E-state index in [0.717, 1.165) is 12.3 Å². The molecule has 2 rings (SSSR count).